The van der Waals surface area contributed by atoms with Crippen LogP contribution >= 0.6 is 23.2 Å². The number of nitrogen functional groups attached to an aromatic ring is 1. The van der Waals surface area contributed by atoms with Crippen molar-refractivity contribution in [3.63, 3.8) is 0 Å². The van der Waals surface area contributed by atoms with Gasteiger partial charge in [-0.25, -0.2) is 14.0 Å². The number of nitrogens with one attached hydrogen (secondary N) is 1. The van der Waals surface area contributed by atoms with Crippen LogP contribution < -0.4 is 20.7 Å². The monoisotopic (exact) mass is 820 g/mol. The summed E-state index contributed by atoms with van der Waals surface area (Å²) < 4.78 is 43.4. The lowest BCUT2D eigenvalue weighted by molar-refractivity contribution is -0.158. The van der Waals surface area contributed by atoms with Gasteiger partial charge in [0.15, 0.2) is 5.72 Å². The lowest BCUT2D eigenvalue weighted by atomic mass is 9.83. The highest BCUT2D eigenvalue weighted by molar-refractivity contribution is 6.35. The first kappa shape index (κ1) is 42.7. The number of rotatable bonds is 6. The Morgan fingerprint density at radius 1 is 1.20 bits per heavy atom. The molecule has 3 heterocycles. The van der Waals surface area contributed by atoms with Crippen molar-refractivity contribution >= 4 is 58.5 Å². The summed E-state index contributed by atoms with van der Waals surface area (Å²) in [5.74, 6) is -3.33. The van der Waals surface area contributed by atoms with E-state index in [9.17, 15) is 28.7 Å². The molecule has 8 atom stereocenters. The van der Waals surface area contributed by atoms with Crippen LogP contribution in [-0.2, 0) is 35.0 Å². The Morgan fingerprint density at radius 2 is 1.89 bits per heavy atom. The van der Waals surface area contributed by atoms with Crippen molar-refractivity contribution in [2.24, 2.45) is 5.92 Å². The number of nitrogens with two attached hydrogens (primary N) is 1. The first-order chi connectivity index (χ1) is 26.2. The van der Waals surface area contributed by atoms with Gasteiger partial charge in [-0.15, -0.1) is 0 Å². The number of nitrogens with zero attached hydrogens (tertiary/aromatic N) is 2. The molecule has 17 heteroatoms. The highest BCUT2D eigenvalue weighted by atomic mass is 35.5. The Balaban J connectivity index is 1.53. The molecule has 2 aromatic rings. The van der Waals surface area contributed by atoms with Crippen LogP contribution in [0.15, 0.2) is 48.1 Å². The number of methoxy groups -OCH3 is 2. The standard InChI is InChI=1S/C39H47Cl2FN4O10/c1-19-10-9-11-30(53-8)39(51)18-29(54-37(50)44-39)20(2)34-38(4,56-34)31(17-32(47)46(6)27-13-22(12-19)14-28(52-7)33(27)41)55-36(49)21(3)45(5)35(48)23-15-25(42)26(43)16-24(23)40/h9-11,13-16,20-21,29-31,34,51H,12,17-18,43H2,1-8H3,(H,44,50)/b11-9+,19-10+/t20-,21+,29+,30-,31+,34+,38+,39+/m1/s1. The summed E-state index contributed by atoms with van der Waals surface area (Å²) in [6, 6.07) is 4.24. The molecule has 0 radical (unpaired) electrons. The lowest BCUT2D eigenvalue weighted by Crippen LogP contribution is -2.63. The van der Waals surface area contributed by atoms with E-state index in [0.29, 0.717) is 17.9 Å². The fraction of sp³-hybridized carbons (Fsp3) is 0.487. The minimum Gasteiger partial charge on any atom is -0.495 e. The van der Waals surface area contributed by atoms with Crippen LogP contribution in [0.4, 0.5) is 20.6 Å². The quantitative estimate of drug-likeness (QED) is 0.198. The topological polar surface area (TPSA) is 182 Å². The van der Waals surface area contributed by atoms with Gasteiger partial charge in [-0.3, -0.25) is 14.9 Å². The summed E-state index contributed by atoms with van der Waals surface area (Å²) in [6.45, 7) is 6.70. The van der Waals surface area contributed by atoms with Gasteiger partial charge in [0.2, 0.25) is 5.91 Å². The van der Waals surface area contributed by atoms with E-state index in [2.05, 4.69) is 5.32 Å². The third-order valence-corrected chi connectivity index (χ3v) is 11.5. The third-order valence-electron chi connectivity index (χ3n) is 10.8. The Kier molecular flexibility index (Phi) is 12.7. The van der Waals surface area contributed by atoms with Crippen molar-refractivity contribution in [2.75, 3.05) is 38.9 Å². The Labute approximate surface area is 334 Å². The van der Waals surface area contributed by atoms with Crippen LogP contribution in [-0.4, -0.2) is 104 Å². The minimum atomic E-state index is -1.87. The fourth-order valence-electron chi connectivity index (χ4n) is 7.09. The number of aliphatic hydroxyl groups is 1. The van der Waals surface area contributed by atoms with Crippen LogP contribution in [0.3, 0.4) is 0 Å². The van der Waals surface area contributed by atoms with Gasteiger partial charge in [0.1, 0.15) is 46.5 Å². The molecule has 0 saturated carbocycles. The number of alkyl carbamates (subject to hydrolysis) is 1. The molecule has 14 nitrogen and oxygen atoms in total. The maximum absolute atomic E-state index is 14.3. The second kappa shape index (κ2) is 16.6. The van der Waals surface area contributed by atoms with Crippen molar-refractivity contribution in [2.45, 2.75) is 88.7 Å². The van der Waals surface area contributed by atoms with E-state index in [0.717, 1.165) is 28.2 Å². The molecule has 3 amide bonds. The number of hydrogen-bond acceptors (Lipinski definition) is 11. The Bertz CT molecular complexity index is 1960. The van der Waals surface area contributed by atoms with E-state index in [1.54, 1.807) is 38.1 Å². The zero-order valence-electron chi connectivity index (χ0n) is 32.4. The molecule has 0 unspecified atom stereocenters. The molecule has 2 saturated heterocycles. The second-order valence-corrected chi connectivity index (χ2v) is 15.5. The van der Waals surface area contributed by atoms with Crippen LogP contribution in [0.25, 0.3) is 0 Å². The van der Waals surface area contributed by atoms with E-state index < -0.39 is 83.8 Å². The third kappa shape index (κ3) is 8.61. The van der Waals surface area contributed by atoms with E-state index in [1.165, 1.54) is 40.1 Å². The van der Waals surface area contributed by atoms with Crippen LogP contribution in [0, 0.1) is 11.7 Å². The number of hydrogen-bond donors (Lipinski definition) is 3. The summed E-state index contributed by atoms with van der Waals surface area (Å²) in [7, 11) is 5.71. The molecule has 0 aliphatic carbocycles. The van der Waals surface area contributed by atoms with Gasteiger partial charge in [-0.2, -0.15) is 0 Å². The summed E-state index contributed by atoms with van der Waals surface area (Å²) in [5.41, 5.74) is 3.91. The SMILES string of the molecule is COc1cc2cc(c1Cl)N(C)C(=O)C[C@H](OC(=O)[C@H](C)N(C)C(=O)c1cc(F)c(N)cc1Cl)[C@]1(C)O[C@H]1[C@H](C)[C@@H]1C[C@@](O)(NC(=O)O1)[C@H](OC)/C=C/C=C(\C)C2. The number of fused-ring (bicyclic) bond motifs is 5. The van der Waals surface area contributed by atoms with Crippen molar-refractivity contribution in [1.29, 1.82) is 0 Å². The van der Waals surface area contributed by atoms with E-state index >= 15 is 0 Å². The number of ether oxygens (including phenoxy) is 5. The first-order valence-electron chi connectivity index (χ1n) is 17.8. The predicted octanol–water partition coefficient (Wildman–Crippen LogP) is 5.20. The molecule has 3 aliphatic rings. The number of esters is 1. The summed E-state index contributed by atoms with van der Waals surface area (Å²) in [5, 5.41) is 14.3. The molecule has 304 valence electrons. The Morgan fingerprint density at radius 3 is 2.55 bits per heavy atom. The molecule has 56 heavy (non-hydrogen) atoms. The molecular formula is C39H47Cl2FN4O10. The van der Waals surface area contributed by atoms with Gasteiger partial charge >= 0.3 is 12.1 Å². The summed E-state index contributed by atoms with van der Waals surface area (Å²) >= 11 is 13.0. The molecule has 5 rings (SSSR count). The zero-order chi connectivity index (χ0) is 41.4. The van der Waals surface area contributed by atoms with Gasteiger partial charge in [0, 0.05) is 33.5 Å². The smallest absolute Gasteiger partial charge is 0.409 e. The number of carbonyl (C=O) groups is 4. The normalized spacial score (nSPS) is 30.1. The summed E-state index contributed by atoms with van der Waals surface area (Å²) in [6.07, 6.45) is 0.315. The van der Waals surface area contributed by atoms with Crippen LogP contribution in [0.1, 0.15) is 56.5 Å². The fourth-order valence-corrected chi connectivity index (χ4v) is 7.66. The molecule has 4 N–H and O–H groups in total. The number of amides is 3. The number of halogens is 3. The van der Waals surface area contributed by atoms with Gasteiger partial charge in [0.25, 0.3) is 5.91 Å². The average molecular weight is 822 g/mol. The lowest BCUT2D eigenvalue weighted by Gasteiger charge is -2.42. The van der Waals surface area contributed by atoms with Crippen molar-refractivity contribution in [3.8, 4) is 5.75 Å². The maximum atomic E-state index is 14.3. The van der Waals surface area contributed by atoms with E-state index in [1.807, 2.05) is 13.0 Å². The first-order valence-corrected chi connectivity index (χ1v) is 18.6. The highest BCUT2D eigenvalue weighted by Crippen LogP contribution is 2.49. The van der Waals surface area contributed by atoms with Crippen LogP contribution in [0.2, 0.25) is 10.0 Å². The second-order valence-electron chi connectivity index (χ2n) is 14.7. The van der Waals surface area contributed by atoms with Gasteiger partial charge in [-0.05, 0) is 57.0 Å². The zero-order valence-corrected chi connectivity index (χ0v) is 33.9. The Hall–Kier alpha value is -4.41. The van der Waals surface area contributed by atoms with Gasteiger partial charge in [-0.1, -0.05) is 53.9 Å². The molecule has 2 fully saturated rings. The molecule has 4 bridgehead atoms. The number of benzene rings is 2. The minimum absolute atomic E-state index is 0.101. The number of likely N-dealkylation sites (N-methyl/N-ethyl adjacent to an activating group) is 1. The highest BCUT2D eigenvalue weighted by Gasteiger charge is 2.64. The molecular weight excluding hydrogens is 774 g/mol. The number of epoxide rings is 1. The number of carbonyl (C=O) groups excluding carboxylic acids is 4. The van der Waals surface area contributed by atoms with Crippen molar-refractivity contribution in [3.05, 3.63) is 75.1 Å². The largest absolute Gasteiger partial charge is 0.495 e. The average Bonchev–Trinajstić information content (AvgIpc) is 3.84. The molecule has 2 aromatic carbocycles. The number of allylic oxidation sites excluding steroid dienone is 3. The molecule has 0 aromatic heterocycles. The van der Waals surface area contributed by atoms with Crippen molar-refractivity contribution < 1.29 is 52.4 Å². The van der Waals surface area contributed by atoms with Gasteiger partial charge in [0.05, 0.1) is 41.6 Å². The summed E-state index contributed by atoms with van der Waals surface area (Å²) in [4.78, 5) is 56.7. The number of anilines is 2. The predicted molar refractivity (Wildman–Crippen MR) is 206 cm³/mol. The molecule has 0 spiro atoms. The van der Waals surface area contributed by atoms with Gasteiger partial charge < -0.3 is 44.3 Å². The maximum Gasteiger partial charge on any atom is 0.409 e. The van der Waals surface area contributed by atoms with Crippen molar-refractivity contribution in [1.82, 2.24) is 10.2 Å². The van der Waals surface area contributed by atoms with E-state index in [-0.39, 0.29) is 27.7 Å². The van der Waals surface area contributed by atoms with Crippen LogP contribution in [0.5, 0.6) is 5.75 Å². The van der Waals surface area contributed by atoms with E-state index in [4.69, 9.17) is 52.6 Å². The molecule has 3 aliphatic heterocycles.